The van der Waals surface area contributed by atoms with Gasteiger partial charge in [-0.3, -0.25) is 4.79 Å². The average Bonchev–Trinajstić information content (AvgIpc) is 2.75. The minimum absolute atomic E-state index is 0.0382. The van der Waals surface area contributed by atoms with Gasteiger partial charge in [-0.2, -0.15) is 10.1 Å². The second-order valence-electron chi connectivity index (χ2n) is 6.56. The van der Waals surface area contributed by atoms with Gasteiger partial charge in [0.15, 0.2) is 11.6 Å². The third-order valence-corrected chi connectivity index (χ3v) is 4.67. The number of carbonyl (C=O) groups is 1. The highest BCUT2D eigenvalue weighted by Gasteiger charge is 2.19. The normalized spacial score (nSPS) is 14.0. The van der Waals surface area contributed by atoms with Crippen LogP contribution < -0.4 is 15.1 Å². The van der Waals surface area contributed by atoms with Gasteiger partial charge in [-0.1, -0.05) is 6.07 Å². The van der Waals surface area contributed by atoms with Gasteiger partial charge in [0.1, 0.15) is 5.82 Å². The molecule has 0 unspecified atom stereocenters. The summed E-state index contributed by atoms with van der Waals surface area (Å²) in [7, 11) is 0. The minimum atomic E-state index is 0.0382. The van der Waals surface area contributed by atoms with Crippen molar-refractivity contribution in [3.63, 3.8) is 0 Å². The highest BCUT2D eigenvalue weighted by Crippen LogP contribution is 2.19. The largest absolute Gasteiger partial charge is 0.353 e. The number of ketones is 1. The smallest absolute Gasteiger partial charge is 0.249 e. The molecule has 4 rings (SSSR count). The maximum Gasteiger partial charge on any atom is 0.249 e. The van der Waals surface area contributed by atoms with Crippen LogP contribution in [0.5, 0.6) is 0 Å². The number of hydrogen-bond donors (Lipinski definition) is 1. The molecule has 1 aromatic carbocycles. The van der Waals surface area contributed by atoms with Crippen LogP contribution in [0.4, 0.5) is 23.3 Å². The van der Waals surface area contributed by atoms with Gasteiger partial charge in [0.2, 0.25) is 5.95 Å². The number of carbonyl (C=O) groups excluding carboxylic acids is 1. The molecular weight excluding hydrogens is 354 g/mol. The molecule has 1 saturated heterocycles. The van der Waals surface area contributed by atoms with E-state index in [0.29, 0.717) is 11.5 Å². The van der Waals surface area contributed by atoms with E-state index in [0.717, 1.165) is 43.5 Å². The molecule has 0 bridgehead atoms. The summed E-state index contributed by atoms with van der Waals surface area (Å²) in [6.45, 7) is 4.96. The van der Waals surface area contributed by atoms with Crippen molar-refractivity contribution < 1.29 is 4.79 Å². The summed E-state index contributed by atoms with van der Waals surface area (Å²) in [5, 5.41) is 11.3. The lowest BCUT2D eigenvalue weighted by Crippen LogP contribution is -2.47. The Bertz CT molecular complexity index is 938. The van der Waals surface area contributed by atoms with Crippen LogP contribution in [0, 0.1) is 0 Å². The van der Waals surface area contributed by atoms with Gasteiger partial charge >= 0.3 is 0 Å². The number of benzene rings is 1. The second kappa shape index (κ2) is 7.99. The first-order valence-corrected chi connectivity index (χ1v) is 9.18. The molecule has 1 aliphatic rings. The summed E-state index contributed by atoms with van der Waals surface area (Å²) in [6, 6.07) is 13.2. The first-order chi connectivity index (χ1) is 13.7. The average molecular weight is 375 g/mol. The molecule has 0 atom stereocenters. The van der Waals surface area contributed by atoms with Gasteiger partial charge in [0.25, 0.3) is 0 Å². The van der Waals surface area contributed by atoms with Crippen molar-refractivity contribution in [2.75, 3.05) is 41.3 Å². The minimum Gasteiger partial charge on any atom is -0.353 e. The topological polar surface area (TPSA) is 87.1 Å². The molecule has 1 N–H and O–H groups in total. The molecule has 0 spiro atoms. The fraction of sp³-hybridized carbons (Fsp3) is 0.250. The quantitative estimate of drug-likeness (QED) is 0.681. The van der Waals surface area contributed by atoms with E-state index in [9.17, 15) is 4.79 Å². The first-order valence-electron chi connectivity index (χ1n) is 9.18. The summed E-state index contributed by atoms with van der Waals surface area (Å²) in [6.07, 6.45) is 3.50. The molecule has 2 aromatic heterocycles. The molecule has 8 nitrogen and oxygen atoms in total. The van der Waals surface area contributed by atoms with E-state index < -0.39 is 0 Å². The Hall–Kier alpha value is -3.55. The Morgan fingerprint density at radius 2 is 1.68 bits per heavy atom. The van der Waals surface area contributed by atoms with Gasteiger partial charge in [-0.05, 0) is 43.3 Å². The predicted molar refractivity (Wildman–Crippen MR) is 108 cm³/mol. The van der Waals surface area contributed by atoms with Crippen LogP contribution in [0.2, 0.25) is 0 Å². The molecule has 8 heteroatoms. The van der Waals surface area contributed by atoms with Crippen LogP contribution in [0.25, 0.3) is 0 Å². The summed E-state index contributed by atoms with van der Waals surface area (Å²) in [5.74, 6) is 2.26. The predicted octanol–water partition coefficient (Wildman–Crippen LogP) is 2.54. The number of pyridine rings is 1. The lowest BCUT2D eigenvalue weighted by Gasteiger charge is -2.35. The maximum atomic E-state index is 11.4. The molecule has 1 fully saturated rings. The van der Waals surface area contributed by atoms with Crippen LogP contribution in [0.1, 0.15) is 17.3 Å². The van der Waals surface area contributed by atoms with Crippen molar-refractivity contribution in [1.29, 1.82) is 0 Å². The van der Waals surface area contributed by atoms with E-state index in [1.54, 1.807) is 25.3 Å². The number of hydrogen-bond acceptors (Lipinski definition) is 8. The Labute approximate surface area is 163 Å². The molecule has 0 aliphatic carbocycles. The molecular formula is C20H21N7O. The van der Waals surface area contributed by atoms with Crippen molar-refractivity contribution in [2.45, 2.75) is 6.92 Å². The Morgan fingerprint density at radius 1 is 0.964 bits per heavy atom. The number of piperazine rings is 1. The second-order valence-corrected chi connectivity index (χ2v) is 6.56. The molecule has 0 amide bonds. The molecule has 0 radical (unpaired) electrons. The maximum absolute atomic E-state index is 11.4. The van der Waals surface area contributed by atoms with E-state index in [2.05, 4.69) is 35.3 Å². The number of rotatable bonds is 5. The highest BCUT2D eigenvalue weighted by atomic mass is 16.1. The zero-order valence-electron chi connectivity index (χ0n) is 15.6. The van der Waals surface area contributed by atoms with Crippen LogP contribution in [0.15, 0.2) is 54.9 Å². The lowest BCUT2D eigenvalue weighted by molar-refractivity contribution is 0.101. The monoisotopic (exact) mass is 375 g/mol. The summed E-state index contributed by atoms with van der Waals surface area (Å²) in [4.78, 5) is 24.8. The third-order valence-electron chi connectivity index (χ3n) is 4.67. The van der Waals surface area contributed by atoms with E-state index in [4.69, 9.17) is 0 Å². The summed E-state index contributed by atoms with van der Waals surface area (Å²) < 4.78 is 0. The molecule has 1 aliphatic heterocycles. The number of Topliss-reactive ketones (excluding diaryl/α,β-unsaturated/α-hetero) is 1. The van der Waals surface area contributed by atoms with Crippen molar-refractivity contribution in [2.24, 2.45) is 0 Å². The van der Waals surface area contributed by atoms with E-state index in [1.807, 2.05) is 36.5 Å². The zero-order chi connectivity index (χ0) is 19.3. The number of nitrogens with zero attached hydrogens (tertiary/aromatic N) is 6. The SMILES string of the molecule is CC(=O)c1ccc(Nc2nncc(N3CCN(c4ccccn4)CC3)n2)cc1. The third kappa shape index (κ3) is 4.06. The molecule has 28 heavy (non-hydrogen) atoms. The Morgan fingerprint density at radius 3 is 2.32 bits per heavy atom. The zero-order valence-corrected chi connectivity index (χ0v) is 15.6. The van der Waals surface area contributed by atoms with Gasteiger partial charge in [0, 0.05) is 43.6 Å². The van der Waals surface area contributed by atoms with Crippen LogP contribution in [-0.4, -0.2) is 52.1 Å². The van der Waals surface area contributed by atoms with E-state index in [1.165, 1.54) is 0 Å². The lowest BCUT2D eigenvalue weighted by atomic mass is 10.1. The van der Waals surface area contributed by atoms with Crippen LogP contribution >= 0.6 is 0 Å². The van der Waals surface area contributed by atoms with Crippen molar-refractivity contribution in [1.82, 2.24) is 20.2 Å². The van der Waals surface area contributed by atoms with E-state index in [-0.39, 0.29) is 5.78 Å². The molecule has 142 valence electrons. The van der Waals surface area contributed by atoms with Gasteiger partial charge < -0.3 is 15.1 Å². The summed E-state index contributed by atoms with van der Waals surface area (Å²) >= 11 is 0. The number of aromatic nitrogens is 4. The fourth-order valence-corrected chi connectivity index (χ4v) is 3.12. The standard InChI is InChI=1S/C20H21N7O/c1-15(28)16-5-7-17(8-6-16)23-20-24-19(14-22-25-20)27-12-10-26(11-13-27)18-4-2-3-9-21-18/h2-9,14H,10-13H2,1H3,(H,23,24,25). The Kier molecular flexibility index (Phi) is 5.09. The molecule has 3 heterocycles. The fourth-order valence-electron chi connectivity index (χ4n) is 3.12. The van der Waals surface area contributed by atoms with Crippen LogP contribution in [0.3, 0.4) is 0 Å². The summed E-state index contributed by atoms with van der Waals surface area (Å²) in [5.41, 5.74) is 1.48. The van der Waals surface area contributed by atoms with Crippen molar-refractivity contribution in [3.8, 4) is 0 Å². The van der Waals surface area contributed by atoms with Gasteiger partial charge in [-0.15, -0.1) is 5.10 Å². The van der Waals surface area contributed by atoms with Crippen LogP contribution in [-0.2, 0) is 0 Å². The molecule has 0 saturated carbocycles. The highest BCUT2D eigenvalue weighted by molar-refractivity contribution is 5.94. The first kappa shape index (κ1) is 17.8. The number of nitrogens with one attached hydrogen (secondary N) is 1. The van der Waals surface area contributed by atoms with Gasteiger partial charge in [-0.25, -0.2) is 4.98 Å². The van der Waals surface area contributed by atoms with Crippen molar-refractivity contribution in [3.05, 3.63) is 60.4 Å². The van der Waals surface area contributed by atoms with Crippen molar-refractivity contribution >= 4 is 29.1 Å². The van der Waals surface area contributed by atoms with Gasteiger partial charge in [0.05, 0.1) is 6.20 Å². The van der Waals surface area contributed by atoms with E-state index >= 15 is 0 Å². The number of anilines is 4. The molecule has 3 aromatic rings. The Balaban J connectivity index is 1.41.